The highest BCUT2D eigenvalue weighted by molar-refractivity contribution is 7.12. The molecule has 2 aromatic rings. The Kier molecular flexibility index (Phi) is 3.85. The number of benzene rings is 1. The van der Waals surface area contributed by atoms with Crippen LogP contribution in [0.1, 0.15) is 25.7 Å². The van der Waals surface area contributed by atoms with Crippen LogP contribution in [0.2, 0.25) is 0 Å². The Morgan fingerprint density at radius 1 is 1.30 bits per heavy atom. The topological polar surface area (TPSA) is 72.2 Å². The lowest BCUT2D eigenvalue weighted by molar-refractivity contribution is -0.385. The second-order valence-corrected chi connectivity index (χ2v) is 5.95. The lowest BCUT2D eigenvalue weighted by Gasteiger charge is -2.08. The predicted molar refractivity (Wildman–Crippen MR) is 79.6 cm³/mol. The highest BCUT2D eigenvalue weighted by Gasteiger charge is 2.17. The molecule has 0 bridgehead atoms. The Labute approximate surface area is 120 Å². The third-order valence-electron chi connectivity index (χ3n) is 3.04. The van der Waals surface area contributed by atoms with Crippen LogP contribution in [0.3, 0.4) is 0 Å². The summed E-state index contributed by atoms with van der Waals surface area (Å²) < 4.78 is 0. The van der Waals surface area contributed by atoms with Crippen LogP contribution in [0.4, 0.5) is 11.4 Å². The van der Waals surface area contributed by atoms with E-state index in [4.69, 9.17) is 0 Å². The van der Waals surface area contributed by atoms with Gasteiger partial charge in [-0.1, -0.05) is 6.07 Å². The lowest BCUT2D eigenvalue weighted by Crippen LogP contribution is -2.13. The summed E-state index contributed by atoms with van der Waals surface area (Å²) in [6.45, 7) is 5.44. The molecule has 5 nitrogen and oxygen atoms in total. The molecule has 0 unspecified atom stereocenters. The first kappa shape index (κ1) is 14.2. The number of nitrogens with zero attached hydrogens (tertiary/aromatic N) is 1. The fourth-order valence-corrected chi connectivity index (χ4v) is 2.92. The van der Waals surface area contributed by atoms with Gasteiger partial charge in [0.15, 0.2) is 0 Å². The molecule has 0 saturated carbocycles. The van der Waals surface area contributed by atoms with E-state index in [0.717, 1.165) is 9.75 Å². The number of hydrogen-bond acceptors (Lipinski definition) is 4. The molecule has 0 spiro atoms. The first-order valence-corrected chi connectivity index (χ1v) is 6.84. The summed E-state index contributed by atoms with van der Waals surface area (Å²) in [6.07, 6.45) is 0. The number of nitro groups is 1. The molecule has 1 N–H and O–H groups in total. The van der Waals surface area contributed by atoms with Crippen molar-refractivity contribution in [1.29, 1.82) is 0 Å². The Morgan fingerprint density at radius 3 is 2.55 bits per heavy atom. The zero-order chi connectivity index (χ0) is 14.9. The number of rotatable bonds is 3. The maximum Gasteiger partial charge on any atom is 0.274 e. The van der Waals surface area contributed by atoms with Crippen LogP contribution in [0.25, 0.3) is 0 Å². The molecule has 0 fully saturated rings. The van der Waals surface area contributed by atoms with Crippen LogP contribution < -0.4 is 5.32 Å². The predicted octanol–water partition coefficient (Wildman–Crippen LogP) is 3.83. The van der Waals surface area contributed by atoms with Crippen molar-refractivity contribution in [2.45, 2.75) is 20.8 Å². The number of carbonyl (C=O) groups excluding carboxylic acids is 1. The van der Waals surface area contributed by atoms with Crippen molar-refractivity contribution in [1.82, 2.24) is 0 Å². The number of hydrogen-bond donors (Lipinski definition) is 1. The van der Waals surface area contributed by atoms with Crippen LogP contribution in [0.15, 0.2) is 24.3 Å². The summed E-state index contributed by atoms with van der Waals surface area (Å²) in [7, 11) is 0. The standard InChI is InChI=1S/C14H14N2O3S/c1-8-7-11(10(3)20-8)14(17)15-12-5-4-6-13(9(12)2)16(18)19/h4-7H,1-3H3,(H,15,17). The molecule has 0 saturated heterocycles. The maximum atomic E-state index is 12.2. The molecule has 1 amide bonds. The van der Waals surface area contributed by atoms with Gasteiger partial charge in [-0.2, -0.15) is 0 Å². The zero-order valence-corrected chi connectivity index (χ0v) is 12.2. The van der Waals surface area contributed by atoms with E-state index in [1.54, 1.807) is 30.4 Å². The number of nitrogens with one attached hydrogen (secondary N) is 1. The third kappa shape index (κ3) is 2.70. The number of anilines is 1. The van der Waals surface area contributed by atoms with Crippen LogP contribution >= 0.6 is 11.3 Å². The molecule has 0 atom stereocenters. The monoisotopic (exact) mass is 290 g/mol. The molecule has 104 valence electrons. The zero-order valence-electron chi connectivity index (χ0n) is 11.4. The maximum absolute atomic E-state index is 12.2. The Bertz CT molecular complexity index is 692. The van der Waals surface area contributed by atoms with Crippen LogP contribution in [0.5, 0.6) is 0 Å². The number of aryl methyl sites for hydroxylation is 2. The Balaban J connectivity index is 2.31. The lowest BCUT2D eigenvalue weighted by atomic mass is 10.1. The molecule has 0 aliphatic heterocycles. The van der Waals surface area contributed by atoms with E-state index in [2.05, 4.69) is 5.32 Å². The minimum absolute atomic E-state index is 0.000945. The van der Waals surface area contributed by atoms with E-state index >= 15 is 0 Å². The van der Waals surface area contributed by atoms with E-state index in [0.29, 0.717) is 16.8 Å². The first-order chi connectivity index (χ1) is 9.40. The Hall–Kier alpha value is -2.21. The average Bonchev–Trinajstić information content (AvgIpc) is 2.70. The van der Waals surface area contributed by atoms with Crippen LogP contribution in [-0.2, 0) is 0 Å². The first-order valence-electron chi connectivity index (χ1n) is 6.02. The summed E-state index contributed by atoms with van der Waals surface area (Å²) in [6, 6.07) is 6.47. The quantitative estimate of drug-likeness (QED) is 0.689. The minimum atomic E-state index is -0.453. The highest BCUT2D eigenvalue weighted by Crippen LogP contribution is 2.27. The number of amides is 1. The third-order valence-corrected chi connectivity index (χ3v) is 4.00. The fraction of sp³-hybridized carbons (Fsp3) is 0.214. The van der Waals surface area contributed by atoms with Gasteiger partial charge in [-0.25, -0.2) is 0 Å². The van der Waals surface area contributed by atoms with E-state index in [1.165, 1.54) is 6.07 Å². The molecular formula is C14H14N2O3S. The molecule has 20 heavy (non-hydrogen) atoms. The van der Waals surface area contributed by atoms with E-state index in [1.807, 2.05) is 19.9 Å². The second kappa shape index (κ2) is 5.42. The second-order valence-electron chi connectivity index (χ2n) is 4.49. The molecule has 0 radical (unpaired) electrons. The summed E-state index contributed by atoms with van der Waals surface area (Å²) in [4.78, 5) is 24.6. The van der Waals surface area contributed by atoms with Gasteiger partial charge in [-0.15, -0.1) is 11.3 Å². The van der Waals surface area contributed by atoms with Crippen molar-refractivity contribution in [3.05, 3.63) is 55.3 Å². The van der Waals surface area contributed by atoms with E-state index in [-0.39, 0.29) is 11.6 Å². The molecule has 1 heterocycles. The van der Waals surface area contributed by atoms with Gasteiger partial charge < -0.3 is 5.32 Å². The summed E-state index contributed by atoms with van der Waals surface area (Å²) in [5.74, 6) is -0.240. The van der Waals surface area contributed by atoms with Crippen molar-refractivity contribution in [3.8, 4) is 0 Å². The van der Waals surface area contributed by atoms with Gasteiger partial charge in [0.1, 0.15) is 0 Å². The van der Waals surface area contributed by atoms with Gasteiger partial charge in [-0.3, -0.25) is 14.9 Å². The fourth-order valence-electron chi connectivity index (χ4n) is 2.00. The van der Waals surface area contributed by atoms with Crippen molar-refractivity contribution in [2.24, 2.45) is 0 Å². The molecule has 6 heteroatoms. The Morgan fingerprint density at radius 2 is 2.00 bits per heavy atom. The van der Waals surface area contributed by atoms with Crippen molar-refractivity contribution in [2.75, 3.05) is 5.32 Å². The smallest absolute Gasteiger partial charge is 0.274 e. The summed E-state index contributed by atoms with van der Waals surface area (Å²) >= 11 is 1.55. The van der Waals surface area contributed by atoms with Gasteiger partial charge >= 0.3 is 0 Å². The van der Waals surface area contributed by atoms with Crippen molar-refractivity contribution in [3.63, 3.8) is 0 Å². The molecule has 2 rings (SSSR count). The highest BCUT2D eigenvalue weighted by atomic mass is 32.1. The van der Waals surface area contributed by atoms with E-state index in [9.17, 15) is 14.9 Å². The normalized spacial score (nSPS) is 10.3. The molecular weight excluding hydrogens is 276 g/mol. The van der Waals surface area contributed by atoms with Crippen LogP contribution in [-0.4, -0.2) is 10.8 Å². The van der Waals surface area contributed by atoms with Gasteiger partial charge in [0.05, 0.1) is 21.7 Å². The molecule has 0 aliphatic carbocycles. The van der Waals surface area contributed by atoms with E-state index < -0.39 is 4.92 Å². The van der Waals surface area contributed by atoms with Crippen LogP contribution in [0, 0.1) is 30.9 Å². The average molecular weight is 290 g/mol. The number of thiophene rings is 1. The number of carbonyl (C=O) groups is 1. The largest absolute Gasteiger partial charge is 0.321 e. The SMILES string of the molecule is Cc1cc(C(=O)Nc2cccc([N+](=O)[O-])c2C)c(C)s1. The van der Waals surface area contributed by atoms with Gasteiger partial charge in [0, 0.05) is 15.8 Å². The molecule has 0 aliphatic rings. The van der Waals surface area contributed by atoms with Gasteiger partial charge in [0.25, 0.3) is 11.6 Å². The minimum Gasteiger partial charge on any atom is -0.321 e. The molecule has 1 aromatic carbocycles. The van der Waals surface area contributed by atoms with Gasteiger partial charge in [-0.05, 0) is 32.9 Å². The van der Waals surface area contributed by atoms with Crippen molar-refractivity contribution >= 4 is 28.6 Å². The van der Waals surface area contributed by atoms with Crippen molar-refractivity contribution < 1.29 is 9.72 Å². The van der Waals surface area contributed by atoms with Gasteiger partial charge in [0.2, 0.25) is 0 Å². The molecule has 1 aromatic heterocycles. The summed E-state index contributed by atoms with van der Waals surface area (Å²) in [5, 5.41) is 13.6. The number of nitro benzene ring substituents is 1. The summed E-state index contributed by atoms with van der Waals surface area (Å²) in [5.41, 5.74) is 1.53.